The minimum atomic E-state index is 0.0331. The number of halogens is 2. The van der Waals surface area contributed by atoms with Gasteiger partial charge in [-0.05, 0) is 96.6 Å². The first-order valence-corrected chi connectivity index (χ1v) is 16.8. The molecule has 0 fully saturated rings. The second-order valence-corrected chi connectivity index (χ2v) is 16.2. The molecule has 0 heterocycles. The fourth-order valence-corrected chi connectivity index (χ4v) is 6.76. The van der Waals surface area contributed by atoms with Gasteiger partial charge in [0.05, 0.1) is 0 Å². The average Bonchev–Trinajstić information content (AvgIpc) is 2.86. The summed E-state index contributed by atoms with van der Waals surface area (Å²) in [5.74, 6) is 2.72. The van der Waals surface area contributed by atoms with Crippen molar-refractivity contribution in [2.24, 2.45) is 0 Å². The van der Waals surface area contributed by atoms with Gasteiger partial charge in [-0.1, -0.05) is 126 Å². The maximum atomic E-state index is 4.02. The monoisotopic (exact) mass is 650 g/mol. The molecule has 0 saturated heterocycles. The van der Waals surface area contributed by atoms with Crippen LogP contribution < -0.4 is 5.46 Å². The number of benzene rings is 3. The largest absolute Gasteiger partial charge is 0.330 e. The summed E-state index contributed by atoms with van der Waals surface area (Å²) in [5, 5.41) is 0. The van der Waals surface area contributed by atoms with Gasteiger partial charge in [0.1, 0.15) is 0 Å². The second-order valence-electron chi connectivity index (χ2n) is 13.1. The molecule has 0 amide bonds. The highest BCUT2D eigenvalue weighted by molar-refractivity contribution is 9.49. The highest BCUT2D eigenvalue weighted by atomic mass is 79.9. The average molecular weight is 652 g/mol. The Kier molecular flexibility index (Phi) is 10.8. The molecule has 0 aliphatic heterocycles. The van der Waals surface area contributed by atoms with E-state index in [9.17, 15) is 0 Å². The summed E-state index contributed by atoms with van der Waals surface area (Å²) in [7, 11) is 0. The predicted molar refractivity (Wildman–Crippen MR) is 185 cm³/mol. The molecule has 3 heteroatoms. The van der Waals surface area contributed by atoms with Crippen LogP contribution in [0.3, 0.4) is 0 Å². The van der Waals surface area contributed by atoms with Crippen molar-refractivity contribution in [2.45, 2.75) is 119 Å². The van der Waals surface area contributed by atoms with Crippen molar-refractivity contribution in [3.8, 4) is 22.3 Å². The Balaban J connectivity index is 2.54. The zero-order chi connectivity index (χ0) is 29.3. The molecule has 0 aliphatic rings. The lowest BCUT2D eigenvalue weighted by Crippen LogP contribution is -2.25. The zero-order valence-electron chi connectivity index (χ0n) is 26.3. The quantitative estimate of drug-likeness (QED) is 0.202. The summed E-state index contributed by atoms with van der Waals surface area (Å²) in [5.41, 5.74) is 15.5. The molecule has 0 saturated carbocycles. The van der Waals surface area contributed by atoms with Gasteiger partial charge in [-0.25, -0.2) is 0 Å². The summed E-state index contributed by atoms with van der Waals surface area (Å²) < 4.78 is 0.0331. The number of hydrogen-bond donors (Lipinski definition) is 0. The summed E-state index contributed by atoms with van der Waals surface area (Å²) in [6.07, 6.45) is 0. The van der Waals surface area contributed by atoms with Crippen LogP contribution in [0.4, 0.5) is 0 Å². The fraction of sp³-hybridized carbons (Fsp3) is 0.500. The molecule has 0 bridgehead atoms. The summed E-state index contributed by atoms with van der Waals surface area (Å²) >= 11 is 8.03. The van der Waals surface area contributed by atoms with Crippen molar-refractivity contribution < 1.29 is 0 Å². The number of hydrogen-bond acceptors (Lipinski definition) is 0. The lowest BCUT2D eigenvalue weighted by molar-refractivity contribution is 0.807. The standard InChI is InChI=1S/C36H49BBr2/c1-20(2)26-16-30(22(5)6)34(31(17-26)23(7)8)28-14-13-15-29(36(28)37(38)39)35-32(24(9)10)18-27(21(3)4)19-33(35)25(11)12/h13-25H,1-12H3. The molecular formula is C36H49BBr2. The van der Waals surface area contributed by atoms with Gasteiger partial charge in [0.25, 0.3) is 0 Å². The van der Waals surface area contributed by atoms with Crippen molar-refractivity contribution in [1.29, 1.82) is 0 Å². The third kappa shape index (κ3) is 6.78. The van der Waals surface area contributed by atoms with E-state index in [1.54, 1.807) is 0 Å². The van der Waals surface area contributed by atoms with Gasteiger partial charge in [-0.3, -0.25) is 0 Å². The van der Waals surface area contributed by atoms with Crippen molar-refractivity contribution in [3.05, 3.63) is 75.8 Å². The summed E-state index contributed by atoms with van der Waals surface area (Å²) in [6, 6.07) is 16.9. The van der Waals surface area contributed by atoms with Crippen molar-refractivity contribution in [3.63, 3.8) is 0 Å². The Labute approximate surface area is 256 Å². The van der Waals surface area contributed by atoms with E-state index in [4.69, 9.17) is 0 Å². The van der Waals surface area contributed by atoms with Crippen molar-refractivity contribution in [1.82, 2.24) is 0 Å². The highest BCUT2D eigenvalue weighted by Gasteiger charge is 2.28. The van der Waals surface area contributed by atoms with Crippen LogP contribution in [-0.4, -0.2) is 4.36 Å². The maximum Gasteiger partial charge on any atom is 0.330 e. The Bertz CT molecular complexity index is 1140. The van der Waals surface area contributed by atoms with E-state index in [1.807, 2.05) is 0 Å². The van der Waals surface area contributed by atoms with Gasteiger partial charge in [0.2, 0.25) is 0 Å². The van der Waals surface area contributed by atoms with Crippen LogP contribution in [0.5, 0.6) is 0 Å². The lowest BCUT2D eigenvalue weighted by atomic mass is 9.72. The molecule has 0 radical (unpaired) electrons. The van der Waals surface area contributed by atoms with Gasteiger partial charge in [-0.15, -0.1) is 31.5 Å². The van der Waals surface area contributed by atoms with Crippen molar-refractivity contribution in [2.75, 3.05) is 0 Å². The molecule has 0 aromatic heterocycles. The topological polar surface area (TPSA) is 0 Å². The zero-order valence-corrected chi connectivity index (χ0v) is 29.5. The Morgan fingerprint density at radius 1 is 0.462 bits per heavy atom. The van der Waals surface area contributed by atoms with Crippen LogP contribution in [0.25, 0.3) is 22.3 Å². The molecule has 3 rings (SSSR count). The van der Waals surface area contributed by atoms with Gasteiger partial charge in [0, 0.05) is 0 Å². The van der Waals surface area contributed by atoms with Crippen molar-refractivity contribution >= 4 is 41.3 Å². The van der Waals surface area contributed by atoms with E-state index in [0.29, 0.717) is 35.5 Å². The second kappa shape index (κ2) is 13.1. The molecule has 0 atom stereocenters. The summed E-state index contributed by atoms with van der Waals surface area (Å²) in [4.78, 5) is 0. The molecule has 0 unspecified atom stereocenters. The first-order chi connectivity index (χ1) is 18.2. The first kappa shape index (κ1) is 32.2. The minimum absolute atomic E-state index is 0.0331. The fourth-order valence-electron chi connectivity index (χ4n) is 5.77. The van der Waals surface area contributed by atoms with Crippen LogP contribution in [0.15, 0.2) is 42.5 Å². The Morgan fingerprint density at radius 2 is 0.744 bits per heavy atom. The molecule has 210 valence electrons. The van der Waals surface area contributed by atoms with E-state index < -0.39 is 0 Å². The Hall–Kier alpha value is -1.32. The van der Waals surface area contributed by atoms with E-state index in [2.05, 4.69) is 157 Å². The maximum absolute atomic E-state index is 4.02. The van der Waals surface area contributed by atoms with Crippen LogP contribution >= 0.6 is 31.5 Å². The van der Waals surface area contributed by atoms with Gasteiger partial charge in [-0.2, -0.15) is 0 Å². The third-order valence-corrected chi connectivity index (χ3v) is 9.04. The third-order valence-electron chi connectivity index (χ3n) is 8.13. The molecule has 3 aromatic rings. The minimum Gasteiger partial charge on any atom is -0.132 e. The molecular weight excluding hydrogens is 603 g/mol. The van der Waals surface area contributed by atoms with Crippen LogP contribution in [-0.2, 0) is 0 Å². The Morgan fingerprint density at radius 3 is 0.949 bits per heavy atom. The van der Waals surface area contributed by atoms with Crippen LogP contribution in [0, 0.1) is 0 Å². The van der Waals surface area contributed by atoms with E-state index in [-0.39, 0.29) is 4.36 Å². The van der Waals surface area contributed by atoms with Crippen LogP contribution in [0.1, 0.15) is 152 Å². The van der Waals surface area contributed by atoms with E-state index in [1.165, 1.54) is 61.1 Å². The lowest BCUT2D eigenvalue weighted by Gasteiger charge is -2.28. The number of rotatable bonds is 9. The van der Waals surface area contributed by atoms with Crippen LogP contribution in [0.2, 0.25) is 0 Å². The molecule has 39 heavy (non-hydrogen) atoms. The molecule has 3 aromatic carbocycles. The molecule has 0 aliphatic carbocycles. The molecule has 0 N–H and O–H groups in total. The SMILES string of the molecule is CC(C)c1cc(C(C)C)c(-c2cccc(-c3c(C(C)C)cc(C(C)C)cc3C(C)C)c2B(Br)Br)c(C(C)C)c1. The molecule has 0 nitrogen and oxygen atoms in total. The highest BCUT2D eigenvalue weighted by Crippen LogP contribution is 2.43. The van der Waals surface area contributed by atoms with E-state index in [0.717, 1.165) is 0 Å². The smallest absolute Gasteiger partial charge is 0.132 e. The normalized spacial score (nSPS) is 12.2. The van der Waals surface area contributed by atoms with E-state index >= 15 is 0 Å². The predicted octanol–water partition coefficient (Wildman–Crippen LogP) is 12.2. The first-order valence-electron chi connectivity index (χ1n) is 14.9. The van der Waals surface area contributed by atoms with Gasteiger partial charge >= 0.3 is 4.36 Å². The van der Waals surface area contributed by atoms with Gasteiger partial charge < -0.3 is 0 Å². The molecule has 0 spiro atoms. The summed E-state index contributed by atoms with van der Waals surface area (Å²) in [6.45, 7) is 28.0. The van der Waals surface area contributed by atoms with Gasteiger partial charge in [0.15, 0.2) is 0 Å².